The first-order valence-electron chi connectivity index (χ1n) is 8.67. The number of hydrogen-bond acceptors (Lipinski definition) is 5. The molecule has 28 heavy (non-hydrogen) atoms. The maximum Gasteiger partial charge on any atom is 0.261 e. The van der Waals surface area contributed by atoms with Crippen LogP contribution in [0.15, 0.2) is 30.3 Å². The number of likely N-dealkylation sites (N-methyl/N-ethyl adjacent to an activating group) is 1. The van der Waals surface area contributed by atoms with E-state index in [1.165, 1.54) is 11.3 Å². The number of fused-ring (bicyclic) bond motifs is 1. The molecule has 0 aliphatic heterocycles. The Morgan fingerprint density at radius 2 is 1.93 bits per heavy atom. The molecule has 0 aliphatic carbocycles. The van der Waals surface area contributed by atoms with E-state index in [4.69, 9.17) is 32.9 Å². The fourth-order valence-electron chi connectivity index (χ4n) is 2.77. The predicted molar refractivity (Wildman–Crippen MR) is 118 cm³/mol. The van der Waals surface area contributed by atoms with Gasteiger partial charge < -0.3 is 9.64 Å². The Labute approximate surface area is 178 Å². The first kappa shape index (κ1) is 20.9. The third-order valence-corrected chi connectivity index (χ3v) is 6.10. The Balaban J connectivity index is 2.10. The molecular weight excluding hydrogens is 417 g/mol. The van der Waals surface area contributed by atoms with E-state index >= 15 is 0 Å². The van der Waals surface area contributed by atoms with Gasteiger partial charge in [-0.3, -0.25) is 9.69 Å². The van der Waals surface area contributed by atoms with E-state index in [2.05, 4.69) is 0 Å². The number of aromatic nitrogens is 1. The number of hydrogen-bond donors (Lipinski definition) is 0. The Bertz CT molecular complexity index is 1020. The van der Waals surface area contributed by atoms with Gasteiger partial charge in [0, 0.05) is 18.1 Å². The zero-order valence-electron chi connectivity index (χ0n) is 16.1. The van der Waals surface area contributed by atoms with Gasteiger partial charge >= 0.3 is 0 Å². The van der Waals surface area contributed by atoms with Gasteiger partial charge in [0.15, 0.2) is 5.13 Å². The lowest BCUT2D eigenvalue weighted by atomic mass is 10.2. The molecule has 1 amide bonds. The molecule has 2 aromatic carbocycles. The van der Waals surface area contributed by atoms with Crippen LogP contribution in [0.5, 0.6) is 5.75 Å². The zero-order valence-corrected chi connectivity index (χ0v) is 18.5. The predicted octanol–water partition coefficient (Wildman–Crippen LogP) is 5.13. The summed E-state index contributed by atoms with van der Waals surface area (Å²) in [5.41, 5.74) is 2.19. The van der Waals surface area contributed by atoms with Gasteiger partial charge in [0.05, 0.1) is 22.4 Å². The lowest BCUT2D eigenvalue weighted by molar-refractivity contribution is 0.0985. The van der Waals surface area contributed by atoms with Crippen LogP contribution in [-0.4, -0.2) is 50.1 Å². The van der Waals surface area contributed by atoms with Crippen LogP contribution in [0.2, 0.25) is 10.0 Å². The Morgan fingerprint density at radius 1 is 1.18 bits per heavy atom. The lowest BCUT2D eigenvalue weighted by Gasteiger charge is -2.22. The molecule has 5 nitrogen and oxygen atoms in total. The summed E-state index contributed by atoms with van der Waals surface area (Å²) in [6, 6.07) is 8.77. The molecular formula is C20H21Cl2N3O2S. The number of anilines is 1. The van der Waals surface area contributed by atoms with Crippen LogP contribution in [0.4, 0.5) is 5.13 Å². The molecule has 1 heterocycles. The molecule has 0 atom stereocenters. The molecule has 0 fully saturated rings. The normalized spacial score (nSPS) is 11.2. The summed E-state index contributed by atoms with van der Waals surface area (Å²) >= 11 is 13.8. The average molecular weight is 438 g/mol. The number of amides is 1. The molecule has 0 spiro atoms. The number of aryl methyl sites for hydroxylation is 1. The number of rotatable bonds is 6. The number of halogens is 2. The zero-order chi connectivity index (χ0) is 20.4. The number of carbonyl (C=O) groups is 1. The standard InChI is InChI=1S/C20H21Cl2N3O2S/c1-12-5-8-16(27-4)17-18(12)28-20(23-17)25(10-9-24(2)3)19(26)14-11-13(21)6-7-15(14)22/h5-8,11H,9-10H2,1-4H3. The van der Waals surface area contributed by atoms with Crippen molar-refractivity contribution in [3.63, 3.8) is 0 Å². The lowest BCUT2D eigenvalue weighted by Crippen LogP contribution is -2.36. The van der Waals surface area contributed by atoms with Crippen molar-refractivity contribution in [2.24, 2.45) is 0 Å². The van der Waals surface area contributed by atoms with Crippen LogP contribution in [0.1, 0.15) is 15.9 Å². The summed E-state index contributed by atoms with van der Waals surface area (Å²) < 4.78 is 6.44. The van der Waals surface area contributed by atoms with Gasteiger partial charge in [-0.15, -0.1) is 0 Å². The highest BCUT2D eigenvalue weighted by molar-refractivity contribution is 7.22. The highest BCUT2D eigenvalue weighted by Gasteiger charge is 2.24. The van der Waals surface area contributed by atoms with E-state index in [0.717, 1.165) is 15.8 Å². The van der Waals surface area contributed by atoms with E-state index in [9.17, 15) is 4.79 Å². The molecule has 3 aromatic rings. The van der Waals surface area contributed by atoms with Crippen molar-refractivity contribution in [2.75, 3.05) is 39.2 Å². The van der Waals surface area contributed by atoms with Gasteiger partial charge in [-0.25, -0.2) is 4.98 Å². The smallest absolute Gasteiger partial charge is 0.261 e. The van der Waals surface area contributed by atoms with Crippen molar-refractivity contribution in [3.05, 3.63) is 51.5 Å². The number of carbonyl (C=O) groups excluding carboxylic acids is 1. The van der Waals surface area contributed by atoms with Gasteiger partial charge in [-0.1, -0.05) is 40.6 Å². The third kappa shape index (κ3) is 4.25. The molecule has 0 saturated heterocycles. The van der Waals surface area contributed by atoms with Gasteiger partial charge in [0.1, 0.15) is 11.3 Å². The van der Waals surface area contributed by atoms with Gasteiger partial charge in [-0.2, -0.15) is 0 Å². The summed E-state index contributed by atoms with van der Waals surface area (Å²) in [6.07, 6.45) is 0. The minimum absolute atomic E-state index is 0.231. The van der Waals surface area contributed by atoms with E-state index in [-0.39, 0.29) is 5.91 Å². The van der Waals surface area contributed by atoms with Crippen LogP contribution in [0.25, 0.3) is 10.2 Å². The van der Waals surface area contributed by atoms with Crippen molar-refractivity contribution >= 4 is 55.8 Å². The van der Waals surface area contributed by atoms with E-state index in [1.807, 2.05) is 38.1 Å². The number of thiazole rings is 1. The largest absolute Gasteiger partial charge is 0.494 e. The summed E-state index contributed by atoms with van der Waals surface area (Å²) in [5.74, 6) is 0.453. The van der Waals surface area contributed by atoms with Crippen LogP contribution >= 0.6 is 34.5 Å². The van der Waals surface area contributed by atoms with E-state index < -0.39 is 0 Å². The SMILES string of the molecule is COc1ccc(C)c2sc(N(CCN(C)C)C(=O)c3cc(Cl)ccc3Cl)nc12. The quantitative estimate of drug-likeness (QED) is 0.536. The van der Waals surface area contributed by atoms with Crippen LogP contribution < -0.4 is 9.64 Å². The Hall–Kier alpha value is -1.86. The van der Waals surface area contributed by atoms with Gasteiger partial charge in [-0.05, 0) is 50.8 Å². The molecule has 1 aromatic heterocycles. The van der Waals surface area contributed by atoms with Gasteiger partial charge in [0.2, 0.25) is 0 Å². The second-order valence-corrected chi connectivity index (χ2v) is 8.46. The molecule has 0 bridgehead atoms. The summed E-state index contributed by atoms with van der Waals surface area (Å²) in [4.78, 5) is 21.7. The minimum Gasteiger partial charge on any atom is -0.494 e. The highest BCUT2D eigenvalue weighted by Crippen LogP contribution is 2.37. The van der Waals surface area contributed by atoms with Crippen LogP contribution in [0, 0.1) is 6.92 Å². The minimum atomic E-state index is -0.231. The number of nitrogens with zero attached hydrogens (tertiary/aromatic N) is 3. The maximum atomic E-state index is 13.3. The molecule has 8 heteroatoms. The first-order chi connectivity index (χ1) is 13.3. The first-order valence-corrected chi connectivity index (χ1v) is 10.2. The Morgan fingerprint density at radius 3 is 2.61 bits per heavy atom. The van der Waals surface area contributed by atoms with E-state index in [0.29, 0.717) is 39.6 Å². The monoisotopic (exact) mass is 437 g/mol. The van der Waals surface area contributed by atoms with Gasteiger partial charge in [0.25, 0.3) is 5.91 Å². The number of benzene rings is 2. The topological polar surface area (TPSA) is 45.7 Å². The molecule has 3 rings (SSSR count). The maximum absolute atomic E-state index is 13.3. The summed E-state index contributed by atoms with van der Waals surface area (Å²) in [7, 11) is 5.53. The van der Waals surface area contributed by atoms with Crippen LogP contribution in [-0.2, 0) is 0 Å². The molecule has 0 unspecified atom stereocenters. The second kappa shape index (κ2) is 8.66. The number of methoxy groups -OCH3 is 1. The summed E-state index contributed by atoms with van der Waals surface area (Å²) in [5, 5.41) is 1.42. The van der Waals surface area contributed by atoms with Crippen molar-refractivity contribution in [3.8, 4) is 5.75 Å². The number of ether oxygens (including phenoxy) is 1. The van der Waals surface area contributed by atoms with E-state index in [1.54, 1.807) is 30.2 Å². The molecule has 0 N–H and O–H groups in total. The van der Waals surface area contributed by atoms with Crippen molar-refractivity contribution in [1.29, 1.82) is 0 Å². The second-order valence-electron chi connectivity index (χ2n) is 6.64. The third-order valence-electron chi connectivity index (χ3n) is 4.32. The van der Waals surface area contributed by atoms with Crippen molar-refractivity contribution < 1.29 is 9.53 Å². The molecule has 148 valence electrons. The summed E-state index contributed by atoms with van der Waals surface area (Å²) in [6.45, 7) is 3.16. The fourth-order valence-corrected chi connectivity index (χ4v) is 4.22. The average Bonchev–Trinajstić information content (AvgIpc) is 3.10. The fraction of sp³-hybridized carbons (Fsp3) is 0.300. The Kier molecular flexibility index (Phi) is 6.45. The molecule has 0 radical (unpaired) electrons. The highest BCUT2D eigenvalue weighted by atomic mass is 35.5. The van der Waals surface area contributed by atoms with Crippen LogP contribution in [0.3, 0.4) is 0 Å². The van der Waals surface area contributed by atoms with Crippen molar-refractivity contribution in [2.45, 2.75) is 6.92 Å². The van der Waals surface area contributed by atoms with Crippen molar-refractivity contribution in [1.82, 2.24) is 9.88 Å². The molecule has 0 saturated carbocycles. The molecule has 0 aliphatic rings.